The van der Waals surface area contributed by atoms with E-state index in [2.05, 4.69) is 17.4 Å². The zero-order valence-corrected chi connectivity index (χ0v) is 18.7. The van der Waals surface area contributed by atoms with Crippen LogP contribution in [0.4, 0.5) is 0 Å². The lowest BCUT2D eigenvalue weighted by molar-refractivity contribution is -0.139. The van der Waals surface area contributed by atoms with Crippen molar-refractivity contribution in [2.45, 2.75) is 50.5 Å². The maximum atomic E-state index is 13.5. The van der Waals surface area contributed by atoms with Gasteiger partial charge in [-0.3, -0.25) is 9.59 Å². The van der Waals surface area contributed by atoms with Gasteiger partial charge in [0.2, 0.25) is 11.8 Å². The molecule has 2 aromatic rings. The lowest BCUT2D eigenvalue weighted by Gasteiger charge is -2.30. The fraction of sp³-hybridized carbons (Fsp3) is 0.407. The number of aryl methyl sites for hydroxylation is 1. The number of nitrogens with one attached hydrogen (secondary N) is 1. The summed E-state index contributed by atoms with van der Waals surface area (Å²) in [6.07, 6.45) is 5.75. The van der Waals surface area contributed by atoms with Crippen molar-refractivity contribution < 1.29 is 14.3 Å². The third kappa shape index (κ3) is 3.55. The number of likely N-dealkylation sites (tertiary alicyclic amines) is 1. The molecule has 5 atom stereocenters. The van der Waals surface area contributed by atoms with Gasteiger partial charge in [0, 0.05) is 12.6 Å². The first-order chi connectivity index (χ1) is 15.4. The monoisotopic (exact) mass is 430 g/mol. The Kier molecular flexibility index (Phi) is 5.17. The van der Waals surface area contributed by atoms with Gasteiger partial charge in [-0.15, -0.1) is 0 Å². The van der Waals surface area contributed by atoms with Gasteiger partial charge in [-0.2, -0.15) is 0 Å². The summed E-state index contributed by atoms with van der Waals surface area (Å²) in [5.41, 5.74) is 0.906. The quantitative estimate of drug-likeness (QED) is 0.684. The van der Waals surface area contributed by atoms with Crippen LogP contribution >= 0.6 is 0 Å². The van der Waals surface area contributed by atoms with E-state index in [4.69, 9.17) is 4.74 Å². The summed E-state index contributed by atoms with van der Waals surface area (Å²) in [6.45, 7) is 4.99. The number of nitrogens with zero attached hydrogens (tertiary/aromatic N) is 1. The number of rotatable bonds is 7. The number of hydrogen-bond acceptors (Lipinski definition) is 3. The standard InChI is InChI=1S/C27H30N2O3/c1-19(13-14-20-9-5-3-6-10-20)28-24(30)22-23-25(31)29(17-21-11-7-4-8-12-21)18-27(23)16-15-26(22,2)32-27/h3-12,15-16,19,22-23H,13-14,17-18H2,1-2H3,(H,28,30). The SMILES string of the molecule is CC(CCc1ccccc1)NC(=O)C1C2C(=O)N(Cc3ccccc3)CC23C=CC1(C)O3. The molecule has 3 heterocycles. The Morgan fingerprint density at radius 2 is 1.75 bits per heavy atom. The lowest BCUT2D eigenvalue weighted by Crippen LogP contribution is -2.49. The van der Waals surface area contributed by atoms with Crippen molar-refractivity contribution in [2.24, 2.45) is 11.8 Å². The van der Waals surface area contributed by atoms with Crippen LogP contribution in [-0.2, 0) is 27.3 Å². The molecule has 2 amide bonds. The highest BCUT2D eigenvalue weighted by molar-refractivity contribution is 5.93. The third-order valence-corrected chi connectivity index (χ3v) is 7.20. The predicted molar refractivity (Wildman–Crippen MR) is 123 cm³/mol. The molecule has 166 valence electrons. The molecule has 3 aliphatic rings. The number of carbonyl (C=O) groups excluding carboxylic acids is 2. The van der Waals surface area contributed by atoms with Gasteiger partial charge < -0.3 is 15.0 Å². The first-order valence-corrected chi connectivity index (χ1v) is 11.5. The van der Waals surface area contributed by atoms with Gasteiger partial charge in [-0.25, -0.2) is 0 Å². The molecule has 0 aromatic heterocycles. The van der Waals surface area contributed by atoms with Gasteiger partial charge in [0.15, 0.2) is 0 Å². The van der Waals surface area contributed by atoms with E-state index in [9.17, 15) is 9.59 Å². The third-order valence-electron chi connectivity index (χ3n) is 7.20. The number of fused-ring (bicyclic) bond motifs is 1. The number of carbonyl (C=O) groups is 2. The van der Waals surface area contributed by atoms with Gasteiger partial charge in [0.05, 0.1) is 24.0 Å². The Morgan fingerprint density at radius 3 is 2.44 bits per heavy atom. The molecule has 5 unspecified atom stereocenters. The van der Waals surface area contributed by atoms with Crippen molar-refractivity contribution in [3.8, 4) is 0 Å². The average Bonchev–Trinajstić information content (AvgIpc) is 3.35. The van der Waals surface area contributed by atoms with Crippen molar-refractivity contribution in [1.82, 2.24) is 10.2 Å². The Morgan fingerprint density at radius 1 is 1.09 bits per heavy atom. The number of amides is 2. The summed E-state index contributed by atoms with van der Waals surface area (Å²) in [6, 6.07) is 20.3. The highest BCUT2D eigenvalue weighted by Crippen LogP contribution is 2.57. The van der Waals surface area contributed by atoms with E-state index in [-0.39, 0.29) is 17.9 Å². The molecular formula is C27H30N2O3. The maximum Gasteiger partial charge on any atom is 0.230 e. The molecule has 5 nitrogen and oxygen atoms in total. The second-order valence-corrected chi connectivity index (χ2v) is 9.64. The maximum absolute atomic E-state index is 13.5. The van der Waals surface area contributed by atoms with E-state index in [1.807, 2.05) is 79.4 Å². The minimum absolute atomic E-state index is 0.0130. The molecule has 0 radical (unpaired) electrons. The average molecular weight is 431 g/mol. The zero-order chi connectivity index (χ0) is 22.3. The topological polar surface area (TPSA) is 58.6 Å². The number of hydrogen-bond donors (Lipinski definition) is 1. The summed E-state index contributed by atoms with van der Waals surface area (Å²) in [5.74, 6) is -1.05. The van der Waals surface area contributed by atoms with Gasteiger partial charge in [0.25, 0.3) is 0 Å². The van der Waals surface area contributed by atoms with Crippen LogP contribution in [0.2, 0.25) is 0 Å². The van der Waals surface area contributed by atoms with Crippen molar-refractivity contribution in [1.29, 1.82) is 0 Å². The van der Waals surface area contributed by atoms with Crippen LogP contribution in [0.5, 0.6) is 0 Å². The van der Waals surface area contributed by atoms with E-state index in [0.717, 1.165) is 18.4 Å². The number of ether oxygens (including phenoxy) is 1. The summed E-state index contributed by atoms with van der Waals surface area (Å²) >= 11 is 0. The highest BCUT2D eigenvalue weighted by Gasteiger charge is 2.71. The second kappa shape index (κ2) is 7.89. The zero-order valence-electron chi connectivity index (χ0n) is 18.7. The van der Waals surface area contributed by atoms with Crippen LogP contribution in [0.3, 0.4) is 0 Å². The molecule has 2 bridgehead atoms. The summed E-state index contributed by atoms with van der Waals surface area (Å²) in [7, 11) is 0. The molecule has 5 rings (SSSR count). The van der Waals surface area contributed by atoms with E-state index in [1.165, 1.54) is 5.56 Å². The molecular weight excluding hydrogens is 400 g/mol. The molecule has 3 aliphatic heterocycles. The molecule has 5 heteroatoms. The van der Waals surface area contributed by atoms with Crippen molar-refractivity contribution in [2.75, 3.05) is 6.54 Å². The van der Waals surface area contributed by atoms with E-state index in [1.54, 1.807) is 0 Å². The van der Waals surface area contributed by atoms with Crippen LogP contribution in [0.25, 0.3) is 0 Å². The van der Waals surface area contributed by atoms with Crippen LogP contribution in [-0.4, -0.2) is 40.5 Å². The summed E-state index contributed by atoms with van der Waals surface area (Å²) in [5, 5.41) is 3.17. The number of benzene rings is 2. The molecule has 2 aromatic carbocycles. The molecule has 2 fully saturated rings. The lowest BCUT2D eigenvalue weighted by atomic mass is 9.72. The van der Waals surface area contributed by atoms with Gasteiger partial charge >= 0.3 is 0 Å². The first kappa shape index (κ1) is 21.0. The van der Waals surface area contributed by atoms with E-state index < -0.39 is 23.0 Å². The van der Waals surface area contributed by atoms with Crippen LogP contribution < -0.4 is 5.32 Å². The molecule has 0 aliphatic carbocycles. The summed E-state index contributed by atoms with van der Waals surface area (Å²) in [4.78, 5) is 28.7. The largest absolute Gasteiger partial charge is 0.357 e. The Bertz CT molecular complexity index is 1040. The van der Waals surface area contributed by atoms with Gasteiger partial charge in [-0.05, 0) is 37.8 Å². The van der Waals surface area contributed by atoms with Gasteiger partial charge in [0.1, 0.15) is 5.60 Å². The fourth-order valence-electron chi connectivity index (χ4n) is 5.62. The molecule has 32 heavy (non-hydrogen) atoms. The van der Waals surface area contributed by atoms with Crippen LogP contribution in [0.15, 0.2) is 72.8 Å². The minimum atomic E-state index is -0.734. The smallest absolute Gasteiger partial charge is 0.230 e. The normalized spacial score (nSPS) is 31.1. The fourth-order valence-corrected chi connectivity index (χ4v) is 5.62. The van der Waals surface area contributed by atoms with Crippen molar-refractivity contribution in [3.05, 3.63) is 83.9 Å². The Hall–Kier alpha value is -2.92. The molecule has 0 saturated carbocycles. The van der Waals surface area contributed by atoms with Crippen molar-refractivity contribution in [3.63, 3.8) is 0 Å². The van der Waals surface area contributed by atoms with Gasteiger partial charge in [-0.1, -0.05) is 72.8 Å². The van der Waals surface area contributed by atoms with E-state index in [0.29, 0.717) is 13.1 Å². The summed E-state index contributed by atoms with van der Waals surface area (Å²) < 4.78 is 6.42. The van der Waals surface area contributed by atoms with Crippen molar-refractivity contribution >= 4 is 11.8 Å². The second-order valence-electron chi connectivity index (χ2n) is 9.64. The van der Waals surface area contributed by atoms with E-state index >= 15 is 0 Å². The first-order valence-electron chi connectivity index (χ1n) is 11.5. The molecule has 2 saturated heterocycles. The molecule has 1 spiro atoms. The van der Waals surface area contributed by atoms with Crippen LogP contribution in [0, 0.1) is 11.8 Å². The predicted octanol–water partition coefficient (Wildman–Crippen LogP) is 3.50. The molecule has 1 N–H and O–H groups in total. The Labute approximate surface area is 189 Å². The highest BCUT2D eigenvalue weighted by atomic mass is 16.5. The Balaban J connectivity index is 1.29. The van der Waals surface area contributed by atoms with Crippen LogP contribution in [0.1, 0.15) is 31.4 Å². The minimum Gasteiger partial charge on any atom is -0.357 e.